The second-order valence-electron chi connectivity index (χ2n) is 6.84. The van der Waals surface area contributed by atoms with Gasteiger partial charge in [-0.15, -0.1) is 0 Å². The molecular weight excluding hydrogens is 280 g/mol. The predicted molar refractivity (Wildman–Crippen MR) is 99.7 cm³/mol. The van der Waals surface area contributed by atoms with E-state index in [4.69, 9.17) is 5.73 Å². The third-order valence-electron chi connectivity index (χ3n) is 4.33. The minimum Gasteiger partial charge on any atom is -0.347 e. The number of fused-ring (bicyclic) bond motifs is 1. The zero-order valence-electron chi connectivity index (χ0n) is 14.3. The summed E-state index contributed by atoms with van der Waals surface area (Å²) in [5.74, 6) is 0.624. The van der Waals surface area contributed by atoms with Crippen molar-refractivity contribution >= 4 is 10.9 Å². The zero-order valence-corrected chi connectivity index (χ0v) is 14.3. The standard InChI is InChI=1S/C21H26N2/c1-15(2)13-23-14-19(10-11-22)20-9-8-18(12-21(20)23)17-6-4-16(3)5-7-17/h4-9,12,14-15H,10-11,13,22H2,1-3H3. The molecule has 2 aromatic carbocycles. The Morgan fingerprint density at radius 3 is 2.35 bits per heavy atom. The van der Waals surface area contributed by atoms with Gasteiger partial charge in [-0.05, 0) is 48.6 Å². The van der Waals surface area contributed by atoms with Gasteiger partial charge in [0.1, 0.15) is 0 Å². The molecule has 0 atom stereocenters. The maximum Gasteiger partial charge on any atom is 0.0489 e. The molecule has 0 bridgehead atoms. The molecule has 0 fully saturated rings. The van der Waals surface area contributed by atoms with Gasteiger partial charge in [0.05, 0.1) is 0 Å². The van der Waals surface area contributed by atoms with E-state index in [1.54, 1.807) is 0 Å². The van der Waals surface area contributed by atoms with E-state index in [1.165, 1.54) is 33.2 Å². The molecule has 0 saturated heterocycles. The van der Waals surface area contributed by atoms with Gasteiger partial charge < -0.3 is 10.3 Å². The lowest BCUT2D eigenvalue weighted by Crippen LogP contribution is -2.04. The summed E-state index contributed by atoms with van der Waals surface area (Å²) in [6.45, 7) is 8.38. The van der Waals surface area contributed by atoms with Crippen molar-refractivity contribution in [3.05, 3.63) is 59.8 Å². The second kappa shape index (κ2) is 6.59. The highest BCUT2D eigenvalue weighted by Crippen LogP contribution is 2.29. The SMILES string of the molecule is Cc1ccc(-c2ccc3c(CCN)cn(CC(C)C)c3c2)cc1. The molecule has 0 radical (unpaired) electrons. The fraction of sp³-hybridized carbons (Fsp3) is 0.333. The van der Waals surface area contributed by atoms with Crippen LogP contribution in [0, 0.1) is 12.8 Å². The van der Waals surface area contributed by atoms with Gasteiger partial charge in [-0.1, -0.05) is 55.8 Å². The molecule has 3 rings (SSSR count). The predicted octanol–water partition coefficient (Wildman–Crippen LogP) is 4.77. The van der Waals surface area contributed by atoms with E-state index in [1.807, 2.05) is 0 Å². The Balaban J connectivity index is 2.11. The van der Waals surface area contributed by atoms with Gasteiger partial charge in [-0.25, -0.2) is 0 Å². The fourth-order valence-electron chi connectivity index (χ4n) is 3.19. The molecule has 0 aliphatic rings. The first-order valence-electron chi connectivity index (χ1n) is 8.47. The van der Waals surface area contributed by atoms with Gasteiger partial charge in [0.25, 0.3) is 0 Å². The van der Waals surface area contributed by atoms with Crippen molar-refractivity contribution in [2.24, 2.45) is 11.7 Å². The average Bonchev–Trinajstić information content (AvgIpc) is 2.85. The summed E-state index contributed by atoms with van der Waals surface area (Å²) in [7, 11) is 0. The Hall–Kier alpha value is -2.06. The third kappa shape index (κ3) is 3.32. The minimum absolute atomic E-state index is 0.624. The first-order valence-corrected chi connectivity index (χ1v) is 8.47. The number of rotatable bonds is 5. The normalized spacial score (nSPS) is 11.5. The maximum atomic E-state index is 5.79. The molecule has 23 heavy (non-hydrogen) atoms. The number of benzene rings is 2. The lowest BCUT2D eigenvalue weighted by molar-refractivity contribution is 0.534. The molecule has 2 heteroatoms. The van der Waals surface area contributed by atoms with Gasteiger partial charge in [0.2, 0.25) is 0 Å². The lowest BCUT2D eigenvalue weighted by atomic mass is 10.0. The number of nitrogens with zero attached hydrogens (tertiary/aromatic N) is 1. The molecule has 120 valence electrons. The van der Waals surface area contributed by atoms with E-state index >= 15 is 0 Å². The highest BCUT2D eigenvalue weighted by Gasteiger charge is 2.10. The van der Waals surface area contributed by atoms with Crippen molar-refractivity contribution in [2.75, 3.05) is 6.54 Å². The van der Waals surface area contributed by atoms with E-state index in [0.717, 1.165) is 13.0 Å². The fourth-order valence-corrected chi connectivity index (χ4v) is 3.19. The topological polar surface area (TPSA) is 30.9 Å². The molecule has 3 aromatic rings. The Morgan fingerprint density at radius 2 is 1.70 bits per heavy atom. The summed E-state index contributed by atoms with van der Waals surface area (Å²) in [6, 6.07) is 15.6. The van der Waals surface area contributed by atoms with Crippen LogP contribution in [-0.2, 0) is 13.0 Å². The molecule has 2 N–H and O–H groups in total. The lowest BCUT2D eigenvalue weighted by Gasteiger charge is -2.09. The largest absolute Gasteiger partial charge is 0.347 e. The van der Waals surface area contributed by atoms with Crippen LogP contribution in [-0.4, -0.2) is 11.1 Å². The van der Waals surface area contributed by atoms with Crippen molar-refractivity contribution in [3.8, 4) is 11.1 Å². The number of hydrogen-bond acceptors (Lipinski definition) is 1. The van der Waals surface area contributed by atoms with E-state index in [2.05, 4.69) is 74.0 Å². The van der Waals surface area contributed by atoms with Gasteiger partial charge in [-0.2, -0.15) is 0 Å². The van der Waals surface area contributed by atoms with Crippen LogP contribution in [0.15, 0.2) is 48.7 Å². The number of hydrogen-bond donors (Lipinski definition) is 1. The van der Waals surface area contributed by atoms with Gasteiger partial charge >= 0.3 is 0 Å². The van der Waals surface area contributed by atoms with Crippen LogP contribution in [0.3, 0.4) is 0 Å². The van der Waals surface area contributed by atoms with Crippen LogP contribution >= 0.6 is 0 Å². The monoisotopic (exact) mass is 306 g/mol. The summed E-state index contributed by atoms with van der Waals surface area (Å²) < 4.78 is 2.39. The molecule has 0 aliphatic carbocycles. The van der Waals surface area contributed by atoms with E-state index in [9.17, 15) is 0 Å². The number of aryl methyl sites for hydroxylation is 1. The van der Waals surface area contributed by atoms with Crippen LogP contribution in [0.2, 0.25) is 0 Å². The van der Waals surface area contributed by atoms with Gasteiger partial charge in [0, 0.05) is 23.6 Å². The van der Waals surface area contributed by atoms with Crippen LogP contribution in [0.5, 0.6) is 0 Å². The van der Waals surface area contributed by atoms with Crippen LogP contribution < -0.4 is 5.73 Å². The summed E-state index contributed by atoms with van der Waals surface area (Å²) in [4.78, 5) is 0. The van der Waals surface area contributed by atoms with E-state index < -0.39 is 0 Å². The summed E-state index contributed by atoms with van der Waals surface area (Å²) >= 11 is 0. The average molecular weight is 306 g/mol. The third-order valence-corrected chi connectivity index (χ3v) is 4.33. The summed E-state index contributed by atoms with van der Waals surface area (Å²) in [5.41, 5.74) is 12.3. The maximum absolute atomic E-state index is 5.79. The first kappa shape index (κ1) is 15.8. The van der Waals surface area contributed by atoms with Crippen molar-refractivity contribution in [1.29, 1.82) is 0 Å². The highest BCUT2D eigenvalue weighted by atomic mass is 15.0. The molecule has 0 amide bonds. The van der Waals surface area contributed by atoms with E-state index in [-0.39, 0.29) is 0 Å². The minimum atomic E-state index is 0.624. The van der Waals surface area contributed by atoms with Gasteiger partial charge in [-0.3, -0.25) is 0 Å². The van der Waals surface area contributed by atoms with Crippen LogP contribution in [0.1, 0.15) is 25.0 Å². The number of nitrogens with two attached hydrogens (primary N) is 1. The van der Waals surface area contributed by atoms with E-state index in [0.29, 0.717) is 12.5 Å². The number of aromatic nitrogens is 1. The van der Waals surface area contributed by atoms with Gasteiger partial charge in [0.15, 0.2) is 0 Å². The van der Waals surface area contributed by atoms with Crippen LogP contribution in [0.4, 0.5) is 0 Å². The van der Waals surface area contributed by atoms with Crippen molar-refractivity contribution < 1.29 is 0 Å². The molecular formula is C21H26N2. The smallest absolute Gasteiger partial charge is 0.0489 e. The second-order valence-corrected chi connectivity index (χ2v) is 6.84. The Morgan fingerprint density at radius 1 is 1.00 bits per heavy atom. The molecule has 2 nitrogen and oxygen atoms in total. The van der Waals surface area contributed by atoms with Crippen molar-refractivity contribution in [2.45, 2.75) is 33.7 Å². The molecule has 1 aromatic heterocycles. The molecule has 0 unspecified atom stereocenters. The Kier molecular flexibility index (Phi) is 4.53. The molecule has 1 heterocycles. The highest BCUT2D eigenvalue weighted by molar-refractivity contribution is 5.88. The molecule has 0 spiro atoms. The zero-order chi connectivity index (χ0) is 16.4. The summed E-state index contributed by atoms with van der Waals surface area (Å²) in [5, 5.41) is 1.34. The van der Waals surface area contributed by atoms with Crippen molar-refractivity contribution in [1.82, 2.24) is 4.57 Å². The quantitative estimate of drug-likeness (QED) is 0.723. The summed E-state index contributed by atoms with van der Waals surface area (Å²) in [6.07, 6.45) is 3.22. The molecule has 0 aliphatic heterocycles. The van der Waals surface area contributed by atoms with Crippen LogP contribution in [0.25, 0.3) is 22.0 Å². The Labute approximate surface area is 138 Å². The first-order chi connectivity index (χ1) is 11.1. The Bertz CT molecular complexity index is 795. The molecule has 0 saturated carbocycles. The van der Waals surface area contributed by atoms with Crippen molar-refractivity contribution in [3.63, 3.8) is 0 Å².